The molecule has 0 N–H and O–H groups in total. The topological polar surface area (TPSA) is 47.9 Å². The van der Waals surface area contributed by atoms with Crippen molar-refractivity contribution in [2.45, 2.75) is 6.61 Å². The first-order chi connectivity index (χ1) is 13.9. The lowest BCUT2D eigenvalue weighted by atomic mass is 10.1. The normalized spacial score (nSPS) is 11.0. The molecule has 0 saturated carbocycles. The molecule has 0 aliphatic rings. The van der Waals surface area contributed by atoms with Gasteiger partial charge in [0.2, 0.25) is 0 Å². The highest BCUT2D eigenvalue weighted by Crippen LogP contribution is 2.28. The van der Waals surface area contributed by atoms with Gasteiger partial charge in [0, 0.05) is 22.4 Å². The lowest BCUT2D eigenvalue weighted by molar-refractivity contribution is 0.302. The van der Waals surface area contributed by atoms with Crippen LogP contribution in [-0.2, 0) is 6.61 Å². The summed E-state index contributed by atoms with van der Waals surface area (Å²) >= 11 is 0. The molecule has 28 heavy (non-hydrogen) atoms. The Morgan fingerprint density at radius 2 is 1.57 bits per heavy atom. The van der Waals surface area contributed by atoms with Gasteiger partial charge in [-0.3, -0.25) is 0 Å². The molecule has 0 saturated heterocycles. The van der Waals surface area contributed by atoms with Crippen molar-refractivity contribution in [1.29, 1.82) is 0 Å². The maximum Gasteiger partial charge on any atom is 0.130 e. The number of para-hydroxylation sites is 1. The monoisotopic (exact) mass is 363 g/mol. The van der Waals surface area contributed by atoms with Gasteiger partial charge in [0.15, 0.2) is 0 Å². The van der Waals surface area contributed by atoms with E-state index in [1.54, 1.807) is 6.33 Å². The first kappa shape index (κ1) is 16.4. The number of pyridine rings is 1. The van der Waals surface area contributed by atoms with Crippen LogP contribution < -0.4 is 4.74 Å². The van der Waals surface area contributed by atoms with Gasteiger partial charge in [-0.05, 0) is 24.3 Å². The summed E-state index contributed by atoms with van der Waals surface area (Å²) in [5.74, 6) is 0.764. The van der Waals surface area contributed by atoms with Crippen LogP contribution >= 0.6 is 0 Å². The third-order valence-corrected chi connectivity index (χ3v) is 4.70. The zero-order valence-electron chi connectivity index (χ0n) is 15.1. The largest absolute Gasteiger partial charge is 0.487 e. The number of fused-ring (bicyclic) bond motifs is 2. The molecule has 0 aliphatic heterocycles. The zero-order valence-corrected chi connectivity index (χ0v) is 15.1. The van der Waals surface area contributed by atoms with Crippen LogP contribution in [-0.4, -0.2) is 15.0 Å². The number of ether oxygens (including phenoxy) is 1. The summed E-state index contributed by atoms with van der Waals surface area (Å²) in [6.07, 6.45) is 1.60. The molecule has 0 bridgehead atoms. The molecule has 4 heteroatoms. The third-order valence-electron chi connectivity index (χ3n) is 4.70. The second-order valence-electron chi connectivity index (χ2n) is 6.55. The molecule has 2 aromatic heterocycles. The van der Waals surface area contributed by atoms with Crippen molar-refractivity contribution < 1.29 is 4.74 Å². The average Bonchev–Trinajstić information content (AvgIpc) is 2.77. The van der Waals surface area contributed by atoms with Crippen LogP contribution in [0.4, 0.5) is 0 Å². The Morgan fingerprint density at radius 1 is 0.714 bits per heavy atom. The maximum atomic E-state index is 5.97. The van der Waals surface area contributed by atoms with Crippen LogP contribution in [0.2, 0.25) is 0 Å². The van der Waals surface area contributed by atoms with Crippen molar-refractivity contribution in [1.82, 2.24) is 15.0 Å². The molecule has 5 rings (SSSR count). The van der Waals surface area contributed by atoms with E-state index in [0.29, 0.717) is 6.61 Å². The van der Waals surface area contributed by atoms with Gasteiger partial charge in [-0.25, -0.2) is 15.0 Å². The highest BCUT2D eigenvalue weighted by Gasteiger charge is 2.08. The average molecular weight is 363 g/mol. The number of hydrogen-bond donors (Lipinski definition) is 0. The molecule has 2 heterocycles. The Balaban J connectivity index is 1.42. The highest BCUT2D eigenvalue weighted by molar-refractivity contribution is 5.92. The second kappa shape index (κ2) is 7.08. The third kappa shape index (κ3) is 3.16. The summed E-state index contributed by atoms with van der Waals surface area (Å²) in [5, 5.41) is 2.13. The Bertz CT molecular complexity index is 1270. The van der Waals surface area contributed by atoms with Crippen LogP contribution in [0.1, 0.15) is 5.69 Å². The van der Waals surface area contributed by atoms with Crippen LogP contribution in [0.3, 0.4) is 0 Å². The van der Waals surface area contributed by atoms with E-state index in [1.807, 2.05) is 60.7 Å². The summed E-state index contributed by atoms with van der Waals surface area (Å²) in [6, 6.07) is 28.2. The molecule has 3 aromatic carbocycles. The predicted octanol–water partition coefficient (Wildman–Crippen LogP) is 5.42. The van der Waals surface area contributed by atoms with Crippen LogP contribution in [0.5, 0.6) is 5.75 Å². The smallest absolute Gasteiger partial charge is 0.130 e. The fourth-order valence-electron chi connectivity index (χ4n) is 3.30. The fraction of sp³-hybridized carbons (Fsp3) is 0.0417. The Morgan fingerprint density at radius 3 is 2.50 bits per heavy atom. The summed E-state index contributed by atoms with van der Waals surface area (Å²) in [7, 11) is 0. The van der Waals surface area contributed by atoms with Gasteiger partial charge in [0.25, 0.3) is 0 Å². The molecule has 0 unspecified atom stereocenters. The van der Waals surface area contributed by atoms with Crippen LogP contribution in [0.15, 0.2) is 91.3 Å². The minimum absolute atomic E-state index is 0.410. The van der Waals surface area contributed by atoms with Gasteiger partial charge < -0.3 is 4.74 Å². The van der Waals surface area contributed by atoms with Gasteiger partial charge >= 0.3 is 0 Å². The predicted molar refractivity (Wildman–Crippen MR) is 111 cm³/mol. The lowest BCUT2D eigenvalue weighted by Gasteiger charge is -2.09. The Kier molecular flexibility index (Phi) is 4.14. The van der Waals surface area contributed by atoms with E-state index in [4.69, 9.17) is 4.74 Å². The molecular formula is C24H17N3O. The van der Waals surface area contributed by atoms with Crippen LogP contribution in [0.25, 0.3) is 33.1 Å². The second-order valence-corrected chi connectivity index (χ2v) is 6.55. The number of hydrogen-bond acceptors (Lipinski definition) is 4. The first-order valence-electron chi connectivity index (χ1n) is 9.14. The molecule has 0 fully saturated rings. The van der Waals surface area contributed by atoms with Gasteiger partial charge in [-0.2, -0.15) is 0 Å². The van der Waals surface area contributed by atoms with E-state index in [1.165, 1.54) is 0 Å². The standard InChI is InChI=1S/C24H17N3O/c1-2-7-18(8-3-1)24-21-13-12-20(14-23(21)25-16-26-24)28-15-19-11-10-17-6-4-5-9-22(17)27-19/h1-14,16H,15H2. The molecule has 5 aromatic rings. The summed E-state index contributed by atoms with van der Waals surface area (Å²) in [4.78, 5) is 13.5. The molecular weight excluding hydrogens is 346 g/mol. The highest BCUT2D eigenvalue weighted by atomic mass is 16.5. The van der Waals surface area contributed by atoms with E-state index >= 15 is 0 Å². The number of rotatable bonds is 4. The lowest BCUT2D eigenvalue weighted by Crippen LogP contribution is -1.99. The van der Waals surface area contributed by atoms with Crippen molar-refractivity contribution in [3.8, 4) is 17.0 Å². The number of aromatic nitrogens is 3. The van der Waals surface area contributed by atoms with Crippen molar-refractivity contribution in [2.24, 2.45) is 0 Å². The number of benzene rings is 3. The van der Waals surface area contributed by atoms with Crippen molar-refractivity contribution >= 4 is 21.8 Å². The zero-order chi connectivity index (χ0) is 18.8. The van der Waals surface area contributed by atoms with Crippen LogP contribution in [0, 0.1) is 0 Å². The van der Waals surface area contributed by atoms with Gasteiger partial charge in [0.1, 0.15) is 18.7 Å². The van der Waals surface area contributed by atoms with E-state index < -0.39 is 0 Å². The number of nitrogens with zero attached hydrogens (tertiary/aromatic N) is 3. The minimum atomic E-state index is 0.410. The summed E-state index contributed by atoms with van der Waals surface area (Å²) in [6.45, 7) is 0.410. The van der Waals surface area contributed by atoms with E-state index in [0.717, 1.165) is 44.5 Å². The maximum absolute atomic E-state index is 5.97. The van der Waals surface area contributed by atoms with Gasteiger partial charge in [-0.15, -0.1) is 0 Å². The summed E-state index contributed by atoms with van der Waals surface area (Å²) in [5.41, 5.74) is 4.73. The van der Waals surface area contributed by atoms with Gasteiger partial charge in [-0.1, -0.05) is 54.6 Å². The fourth-order valence-corrected chi connectivity index (χ4v) is 3.30. The SMILES string of the molecule is c1ccc(-c2ncnc3cc(OCc4ccc5ccccc5n4)ccc23)cc1. The molecule has 0 radical (unpaired) electrons. The molecule has 0 aliphatic carbocycles. The van der Waals surface area contributed by atoms with Crippen molar-refractivity contribution in [2.75, 3.05) is 0 Å². The van der Waals surface area contributed by atoms with Crippen molar-refractivity contribution in [3.05, 3.63) is 97.0 Å². The molecule has 134 valence electrons. The molecule has 4 nitrogen and oxygen atoms in total. The molecule has 0 atom stereocenters. The summed E-state index contributed by atoms with van der Waals surface area (Å²) < 4.78 is 5.97. The van der Waals surface area contributed by atoms with E-state index in [9.17, 15) is 0 Å². The van der Waals surface area contributed by atoms with Gasteiger partial charge in [0.05, 0.1) is 22.4 Å². The minimum Gasteiger partial charge on any atom is -0.487 e. The molecule has 0 amide bonds. The van der Waals surface area contributed by atoms with E-state index in [2.05, 4.69) is 39.2 Å². The Labute approximate surface area is 162 Å². The molecule has 0 spiro atoms. The first-order valence-corrected chi connectivity index (χ1v) is 9.14. The quantitative estimate of drug-likeness (QED) is 0.427. The van der Waals surface area contributed by atoms with E-state index in [-0.39, 0.29) is 0 Å². The Hall–Kier alpha value is -3.79. The van der Waals surface area contributed by atoms with Crippen molar-refractivity contribution in [3.63, 3.8) is 0 Å².